The summed E-state index contributed by atoms with van der Waals surface area (Å²) in [6.07, 6.45) is 1.71. The highest BCUT2D eigenvalue weighted by molar-refractivity contribution is 5.76. The quantitative estimate of drug-likeness (QED) is 0.678. The van der Waals surface area contributed by atoms with Gasteiger partial charge in [-0.2, -0.15) is 4.98 Å². The summed E-state index contributed by atoms with van der Waals surface area (Å²) in [6, 6.07) is 0. The van der Waals surface area contributed by atoms with Crippen molar-refractivity contribution in [2.45, 2.75) is 26.4 Å². The lowest BCUT2D eigenvalue weighted by molar-refractivity contribution is -0.120. The second-order valence-corrected chi connectivity index (χ2v) is 3.96. The SMILES string of the molecule is CNC(=O)CCNc1ncnc(OC(C)C)c1N. The Morgan fingerprint density at radius 2 is 2.22 bits per heavy atom. The maximum atomic E-state index is 11.1. The van der Waals surface area contributed by atoms with Crippen molar-refractivity contribution in [3.05, 3.63) is 6.33 Å². The van der Waals surface area contributed by atoms with E-state index in [1.54, 1.807) is 7.05 Å². The van der Waals surface area contributed by atoms with Crippen molar-refractivity contribution in [1.82, 2.24) is 15.3 Å². The number of aromatic nitrogens is 2. The molecule has 0 aliphatic carbocycles. The van der Waals surface area contributed by atoms with Gasteiger partial charge in [0.2, 0.25) is 11.8 Å². The second kappa shape index (κ2) is 6.63. The first kappa shape index (κ1) is 14.0. The minimum Gasteiger partial charge on any atom is -0.473 e. The summed E-state index contributed by atoms with van der Waals surface area (Å²) in [4.78, 5) is 19.0. The molecular weight excluding hydrogens is 234 g/mol. The van der Waals surface area contributed by atoms with E-state index in [0.717, 1.165) is 0 Å². The van der Waals surface area contributed by atoms with E-state index in [0.29, 0.717) is 30.4 Å². The number of anilines is 2. The molecule has 0 saturated carbocycles. The van der Waals surface area contributed by atoms with Gasteiger partial charge in [-0.15, -0.1) is 0 Å². The van der Waals surface area contributed by atoms with Crippen LogP contribution in [0.1, 0.15) is 20.3 Å². The number of hydrogen-bond acceptors (Lipinski definition) is 6. The molecule has 4 N–H and O–H groups in total. The first-order valence-corrected chi connectivity index (χ1v) is 5.76. The zero-order chi connectivity index (χ0) is 13.5. The van der Waals surface area contributed by atoms with Crippen LogP contribution in [0.4, 0.5) is 11.5 Å². The lowest BCUT2D eigenvalue weighted by Gasteiger charge is -2.13. The summed E-state index contributed by atoms with van der Waals surface area (Å²) in [7, 11) is 1.59. The van der Waals surface area contributed by atoms with Crippen LogP contribution in [0.15, 0.2) is 6.33 Å². The predicted molar refractivity (Wildman–Crippen MR) is 69.4 cm³/mol. The van der Waals surface area contributed by atoms with Gasteiger partial charge in [0, 0.05) is 20.0 Å². The van der Waals surface area contributed by atoms with Gasteiger partial charge in [-0.25, -0.2) is 4.98 Å². The molecule has 0 radical (unpaired) electrons. The van der Waals surface area contributed by atoms with Crippen LogP contribution in [0.5, 0.6) is 5.88 Å². The number of nitrogens with one attached hydrogen (secondary N) is 2. The third kappa shape index (κ3) is 4.08. The molecule has 0 unspecified atom stereocenters. The molecule has 100 valence electrons. The molecule has 0 spiro atoms. The molecule has 0 aliphatic heterocycles. The number of carbonyl (C=O) groups excluding carboxylic acids is 1. The lowest BCUT2D eigenvalue weighted by atomic mass is 10.3. The highest BCUT2D eigenvalue weighted by Crippen LogP contribution is 2.25. The van der Waals surface area contributed by atoms with E-state index in [9.17, 15) is 4.79 Å². The first-order chi connectivity index (χ1) is 8.54. The fourth-order valence-electron chi connectivity index (χ4n) is 1.26. The third-order valence-corrected chi connectivity index (χ3v) is 2.12. The van der Waals surface area contributed by atoms with Gasteiger partial charge >= 0.3 is 0 Å². The van der Waals surface area contributed by atoms with Crippen LogP contribution in [0.25, 0.3) is 0 Å². The standard InChI is InChI=1S/C11H19N5O2/c1-7(2)18-11-9(12)10(15-6-16-11)14-5-4-8(17)13-3/h6-7H,4-5,12H2,1-3H3,(H,13,17)(H,14,15,16). The van der Waals surface area contributed by atoms with E-state index in [2.05, 4.69) is 20.6 Å². The van der Waals surface area contributed by atoms with Crippen LogP contribution in [-0.4, -0.2) is 35.6 Å². The zero-order valence-corrected chi connectivity index (χ0v) is 10.9. The van der Waals surface area contributed by atoms with Gasteiger partial charge in [0.1, 0.15) is 12.0 Å². The third-order valence-electron chi connectivity index (χ3n) is 2.12. The summed E-state index contributed by atoms with van der Waals surface area (Å²) in [5, 5.41) is 5.51. The number of nitrogen functional groups attached to an aromatic ring is 1. The van der Waals surface area contributed by atoms with Crippen LogP contribution < -0.4 is 21.1 Å². The zero-order valence-electron chi connectivity index (χ0n) is 10.9. The highest BCUT2D eigenvalue weighted by atomic mass is 16.5. The molecule has 18 heavy (non-hydrogen) atoms. The summed E-state index contributed by atoms with van der Waals surface area (Å²) >= 11 is 0. The molecule has 1 amide bonds. The molecule has 0 atom stereocenters. The minimum absolute atomic E-state index is 0.0130. The fraction of sp³-hybridized carbons (Fsp3) is 0.545. The largest absolute Gasteiger partial charge is 0.473 e. The Labute approximate surface area is 106 Å². The number of rotatable bonds is 6. The van der Waals surface area contributed by atoms with Gasteiger partial charge in [-0.1, -0.05) is 0 Å². The first-order valence-electron chi connectivity index (χ1n) is 5.76. The van der Waals surface area contributed by atoms with Gasteiger partial charge in [-0.05, 0) is 13.8 Å². The Morgan fingerprint density at radius 1 is 1.50 bits per heavy atom. The number of carbonyl (C=O) groups is 1. The Kier molecular flexibility index (Phi) is 5.16. The Balaban J connectivity index is 2.63. The van der Waals surface area contributed by atoms with Gasteiger partial charge in [0.25, 0.3) is 0 Å². The van der Waals surface area contributed by atoms with Crippen LogP contribution in [0.3, 0.4) is 0 Å². The Hall–Kier alpha value is -2.05. The predicted octanol–water partition coefficient (Wildman–Crippen LogP) is 0.394. The van der Waals surface area contributed by atoms with Gasteiger partial charge in [0.05, 0.1) is 6.10 Å². The number of nitrogens with two attached hydrogens (primary N) is 1. The van der Waals surface area contributed by atoms with Crippen LogP contribution in [0, 0.1) is 0 Å². The molecule has 1 heterocycles. The van der Waals surface area contributed by atoms with E-state index < -0.39 is 0 Å². The van der Waals surface area contributed by atoms with Crippen molar-refractivity contribution >= 4 is 17.4 Å². The summed E-state index contributed by atoms with van der Waals surface area (Å²) in [5.41, 5.74) is 6.22. The monoisotopic (exact) mass is 253 g/mol. The number of amides is 1. The molecular formula is C11H19N5O2. The number of hydrogen-bond donors (Lipinski definition) is 3. The van der Waals surface area contributed by atoms with Crippen molar-refractivity contribution in [1.29, 1.82) is 0 Å². The fourth-order valence-corrected chi connectivity index (χ4v) is 1.26. The van der Waals surface area contributed by atoms with E-state index >= 15 is 0 Å². The lowest BCUT2D eigenvalue weighted by Crippen LogP contribution is -2.21. The number of nitrogens with zero attached hydrogens (tertiary/aromatic N) is 2. The van der Waals surface area contributed by atoms with E-state index in [1.807, 2.05) is 13.8 Å². The average Bonchev–Trinajstić information content (AvgIpc) is 2.33. The molecule has 0 aliphatic rings. The van der Waals surface area contributed by atoms with Crippen LogP contribution in [0.2, 0.25) is 0 Å². The molecule has 7 heteroatoms. The smallest absolute Gasteiger partial charge is 0.242 e. The Morgan fingerprint density at radius 3 is 2.83 bits per heavy atom. The molecule has 1 aromatic rings. The normalized spacial score (nSPS) is 10.2. The minimum atomic E-state index is -0.0474. The van der Waals surface area contributed by atoms with Crippen LogP contribution in [-0.2, 0) is 4.79 Å². The molecule has 1 rings (SSSR count). The maximum Gasteiger partial charge on any atom is 0.242 e. The van der Waals surface area contributed by atoms with Crippen LogP contribution >= 0.6 is 0 Å². The van der Waals surface area contributed by atoms with Gasteiger partial charge < -0.3 is 21.1 Å². The summed E-state index contributed by atoms with van der Waals surface area (Å²) in [6.45, 7) is 4.22. The van der Waals surface area contributed by atoms with Crippen molar-refractivity contribution in [3.63, 3.8) is 0 Å². The van der Waals surface area contributed by atoms with Crippen molar-refractivity contribution < 1.29 is 9.53 Å². The highest BCUT2D eigenvalue weighted by Gasteiger charge is 2.10. The number of ether oxygens (including phenoxy) is 1. The van der Waals surface area contributed by atoms with Crippen molar-refractivity contribution in [2.24, 2.45) is 0 Å². The van der Waals surface area contributed by atoms with Gasteiger partial charge in [0.15, 0.2) is 5.82 Å². The average molecular weight is 253 g/mol. The molecule has 7 nitrogen and oxygen atoms in total. The molecule has 0 fully saturated rings. The molecule has 0 saturated heterocycles. The van der Waals surface area contributed by atoms with E-state index in [1.165, 1.54) is 6.33 Å². The summed E-state index contributed by atoms with van der Waals surface area (Å²) < 4.78 is 5.44. The topological polar surface area (TPSA) is 102 Å². The maximum absolute atomic E-state index is 11.1. The molecule has 1 aromatic heterocycles. The molecule has 0 aromatic carbocycles. The summed E-state index contributed by atoms with van der Waals surface area (Å²) in [5.74, 6) is 0.778. The van der Waals surface area contributed by atoms with E-state index in [4.69, 9.17) is 10.5 Å². The second-order valence-electron chi connectivity index (χ2n) is 3.96. The molecule has 0 bridgehead atoms. The Bertz CT molecular complexity index is 408. The van der Waals surface area contributed by atoms with E-state index in [-0.39, 0.29) is 12.0 Å². The van der Waals surface area contributed by atoms with Crippen molar-refractivity contribution in [3.8, 4) is 5.88 Å². The van der Waals surface area contributed by atoms with Crippen molar-refractivity contribution in [2.75, 3.05) is 24.6 Å². The van der Waals surface area contributed by atoms with Gasteiger partial charge in [-0.3, -0.25) is 4.79 Å².